The maximum atomic E-state index is 6.22. The zero-order valence-electron chi connectivity index (χ0n) is 17.1. The van der Waals surface area contributed by atoms with Crippen molar-refractivity contribution in [3.05, 3.63) is 66.2 Å². The van der Waals surface area contributed by atoms with Crippen molar-refractivity contribution in [1.29, 1.82) is 0 Å². The van der Waals surface area contributed by atoms with Gasteiger partial charge in [0.1, 0.15) is 11.6 Å². The van der Waals surface area contributed by atoms with Gasteiger partial charge in [0, 0.05) is 42.0 Å². The van der Waals surface area contributed by atoms with Crippen molar-refractivity contribution < 1.29 is 4.42 Å². The van der Waals surface area contributed by atoms with Crippen LogP contribution in [0.1, 0.15) is 24.2 Å². The lowest BCUT2D eigenvalue weighted by atomic mass is 10.0. The van der Waals surface area contributed by atoms with E-state index in [1.54, 1.807) is 6.26 Å². The van der Waals surface area contributed by atoms with E-state index in [1.807, 2.05) is 54.0 Å². The number of hydrogen-bond acceptors (Lipinski definition) is 6. The molecule has 7 nitrogen and oxygen atoms in total. The Bertz CT molecular complexity index is 1140. The van der Waals surface area contributed by atoms with Crippen LogP contribution in [0.2, 0.25) is 0 Å². The molecule has 0 bridgehead atoms. The number of piperidine rings is 1. The molecule has 0 atom stereocenters. The lowest BCUT2D eigenvalue weighted by Crippen LogP contribution is -2.38. The van der Waals surface area contributed by atoms with Gasteiger partial charge in [0.05, 0.1) is 24.7 Å². The van der Waals surface area contributed by atoms with Crippen LogP contribution in [-0.4, -0.2) is 38.6 Å². The standard InChI is InChI=1S/C23H26N6O/c1-16-14-25-29-22(13-21(27-23(16)29)19-6-2-3-7-20(19)24)26-17-8-10-28(11-9-17)15-18-5-4-12-30-18/h2-7,12-14,17,26H,8-11,15,24H2,1H3. The minimum absolute atomic E-state index is 0.383. The summed E-state index contributed by atoms with van der Waals surface area (Å²) in [5.74, 6) is 1.98. The van der Waals surface area contributed by atoms with Crippen molar-refractivity contribution in [3.8, 4) is 11.3 Å². The molecule has 1 fully saturated rings. The first-order chi connectivity index (χ1) is 14.7. The van der Waals surface area contributed by atoms with Gasteiger partial charge < -0.3 is 15.5 Å². The lowest BCUT2D eigenvalue weighted by molar-refractivity contribution is 0.196. The molecule has 1 aromatic carbocycles. The minimum Gasteiger partial charge on any atom is -0.468 e. The zero-order valence-corrected chi connectivity index (χ0v) is 17.1. The molecule has 1 saturated heterocycles. The van der Waals surface area contributed by atoms with Gasteiger partial charge in [-0.15, -0.1) is 0 Å². The Hall–Kier alpha value is -3.32. The summed E-state index contributed by atoms with van der Waals surface area (Å²) in [6.45, 7) is 4.96. The highest BCUT2D eigenvalue weighted by Gasteiger charge is 2.21. The number of aromatic nitrogens is 3. The molecule has 0 aliphatic carbocycles. The van der Waals surface area contributed by atoms with E-state index in [0.717, 1.165) is 72.2 Å². The SMILES string of the molecule is Cc1cnn2c(NC3CCN(Cc4ccco4)CC3)cc(-c3ccccc3N)nc12. The van der Waals surface area contributed by atoms with E-state index in [2.05, 4.69) is 21.4 Å². The molecule has 30 heavy (non-hydrogen) atoms. The first-order valence-electron chi connectivity index (χ1n) is 10.4. The molecule has 7 heteroatoms. The van der Waals surface area contributed by atoms with Gasteiger partial charge in [0.2, 0.25) is 0 Å². The number of benzene rings is 1. The maximum Gasteiger partial charge on any atom is 0.160 e. The number of likely N-dealkylation sites (tertiary alicyclic amines) is 1. The highest BCUT2D eigenvalue weighted by molar-refractivity contribution is 5.77. The first-order valence-corrected chi connectivity index (χ1v) is 10.4. The largest absolute Gasteiger partial charge is 0.468 e. The molecule has 154 valence electrons. The Labute approximate surface area is 175 Å². The van der Waals surface area contributed by atoms with Gasteiger partial charge in [0.25, 0.3) is 0 Å². The fourth-order valence-electron chi connectivity index (χ4n) is 4.11. The number of hydrogen-bond donors (Lipinski definition) is 2. The molecule has 1 aliphatic rings. The summed E-state index contributed by atoms with van der Waals surface area (Å²) in [6, 6.07) is 14.3. The summed E-state index contributed by atoms with van der Waals surface area (Å²) in [6.07, 6.45) is 5.72. The number of nitrogen functional groups attached to an aromatic ring is 1. The second-order valence-corrected chi connectivity index (χ2v) is 7.95. The van der Waals surface area contributed by atoms with E-state index >= 15 is 0 Å². The quantitative estimate of drug-likeness (QED) is 0.492. The molecule has 4 heterocycles. The molecule has 0 radical (unpaired) electrons. The second kappa shape index (κ2) is 7.84. The predicted molar refractivity (Wildman–Crippen MR) is 118 cm³/mol. The molecular weight excluding hydrogens is 376 g/mol. The molecule has 0 spiro atoms. The van der Waals surface area contributed by atoms with Gasteiger partial charge in [-0.1, -0.05) is 18.2 Å². The summed E-state index contributed by atoms with van der Waals surface area (Å²) in [5, 5.41) is 8.26. The number of para-hydroxylation sites is 1. The number of nitrogens with one attached hydrogen (secondary N) is 1. The van der Waals surface area contributed by atoms with Crippen LogP contribution >= 0.6 is 0 Å². The molecule has 0 unspecified atom stereocenters. The first kappa shape index (κ1) is 18.7. The number of nitrogens with zero attached hydrogens (tertiary/aromatic N) is 4. The molecule has 0 saturated carbocycles. The monoisotopic (exact) mass is 402 g/mol. The van der Waals surface area contributed by atoms with Crippen LogP contribution in [0.3, 0.4) is 0 Å². The van der Waals surface area contributed by atoms with E-state index < -0.39 is 0 Å². The van der Waals surface area contributed by atoms with Crippen molar-refractivity contribution in [2.24, 2.45) is 0 Å². The molecular formula is C23H26N6O. The van der Waals surface area contributed by atoms with Crippen molar-refractivity contribution >= 4 is 17.2 Å². The van der Waals surface area contributed by atoms with Crippen LogP contribution in [0.15, 0.2) is 59.3 Å². The van der Waals surface area contributed by atoms with Crippen LogP contribution in [-0.2, 0) is 6.54 Å². The number of nitrogens with two attached hydrogens (primary N) is 1. The van der Waals surface area contributed by atoms with Crippen LogP contribution in [0.5, 0.6) is 0 Å². The summed E-state index contributed by atoms with van der Waals surface area (Å²) >= 11 is 0. The second-order valence-electron chi connectivity index (χ2n) is 7.95. The molecule has 0 amide bonds. The summed E-state index contributed by atoms with van der Waals surface area (Å²) in [5.41, 5.74) is 10.6. The van der Waals surface area contributed by atoms with Crippen LogP contribution in [0, 0.1) is 6.92 Å². The van der Waals surface area contributed by atoms with Gasteiger partial charge >= 0.3 is 0 Å². The number of fused-ring (bicyclic) bond motifs is 1. The van der Waals surface area contributed by atoms with Crippen LogP contribution < -0.4 is 11.1 Å². The third-order valence-electron chi connectivity index (χ3n) is 5.78. The Morgan fingerprint density at radius 3 is 2.77 bits per heavy atom. The van der Waals surface area contributed by atoms with E-state index in [9.17, 15) is 0 Å². The molecule has 3 N–H and O–H groups in total. The van der Waals surface area contributed by atoms with Gasteiger partial charge in [-0.25, -0.2) is 4.98 Å². The Morgan fingerprint density at radius 2 is 2.00 bits per heavy atom. The number of furan rings is 1. The van der Waals surface area contributed by atoms with Crippen molar-refractivity contribution in [2.75, 3.05) is 24.1 Å². The van der Waals surface area contributed by atoms with E-state index in [4.69, 9.17) is 15.1 Å². The molecule has 4 aromatic rings. The Morgan fingerprint density at radius 1 is 1.17 bits per heavy atom. The number of anilines is 2. The average Bonchev–Trinajstić information content (AvgIpc) is 3.40. The highest BCUT2D eigenvalue weighted by atomic mass is 16.3. The zero-order chi connectivity index (χ0) is 20.5. The van der Waals surface area contributed by atoms with Crippen molar-refractivity contribution in [3.63, 3.8) is 0 Å². The van der Waals surface area contributed by atoms with E-state index in [-0.39, 0.29) is 0 Å². The van der Waals surface area contributed by atoms with Crippen molar-refractivity contribution in [1.82, 2.24) is 19.5 Å². The summed E-state index contributed by atoms with van der Waals surface area (Å²) in [7, 11) is 0. The third kappa shape index (κ3) is 3.64. The fraction of sp³-hybridized carbons (Fsp3) is 0.304. The molecule has 1 aliphatic heterocycles. The summed E-state index contributed by atoms with van der Waals surface area (Å²) < 4.78 is 7.38. The molecule has 5 rings (SSSR count). The van der Waals surface area contributed by atoms with Gasteiger partial charge in [0.15, 0.2) is 5.65 Å². The van der Waals surface area contributed by atoms with Gasteiger partial charge in [-0.3, -0.25) is 4.90 Å². The van der Waals surface area contributed by atoms with Crippen molar-refractivity contribution in [2.45, 2.75) is 32.4 Å². The maximum absolute atomic E-state index is 6.22. The molecule has 3 aromatic heterocycles. The van der Waals surface area contributed by atoms with E-state index in [1.165, 1.54) is 0 Å². The fourth-order valence-corrected chi connectivity index (χ4v) is 4.11. The van der Waals surface area contributed by atoms with Gasteiger partial charge in [-0.05, 0) is 38.0 Å². The Balaban J connectivity index is 1.37. The average molecular weight is 403 g/mol. The van der Waals surface area contributed by atoms with E-state index in [0.29, 0.717) is 6.04 Å². The minimum atomic E-state index is 0.383. The Kier molecular flexibility index (Phi) is 4.88. The number of rotatable bonds is 5. The smallest absolute Gasteiger partial charge is 0.160 e. The van der Waals surface area contributed by atoms with Crippen LogP contribution in [0.4, 0.5) is 11.5 Å². The lowest BCUT2D eigenvalue weighted by Gasteiger charge is -2.32. The predicted octanol–water partition coefficient (Wildman–Crippen LogP) is 3.96. The van der Waals surface area contributed by atoms with Crippen LogP contribution in [0.25, 0.3) is 16.9 Å². The van der Waals surface area contributed by atoms with Gasteiger partial charge in [-0.2, -0.15) is 9.61 Å². The highest BCUT2D eigenvalue weighted by Crippen LogP contribution is 2.28. The normalized spacial score (nSPS) is 15.6. The third-order valence-corrected chi connectivity index (χ3v) is 5.78. The summed E-state index contributed by atoms with van der Waals surface area (Å²) in [4.78, 5) is 7.27. The number of aryl methyl sites for hydroxylation is 1. The topological polar surface area (TPSA) is 84.6 Å².